The van der Waals surface area contributed by atoms with Gasteiger partial charge in [-0.15, -0.1) is 0 Å². The lowest BCUT2D eigenvalue weighted by molar-refractivity contribution is 0.465. The van der Waals surface area contributed by atoms with Crippen molar-refractivity contribution in [2.24, 2.45) is 5.73 Å². The zero-order valence-corrected chi connectivity index (χ0v) is 11.9. The number of nitrogens with one attached hydrogen (secondary N) is 1. The van der Waals surface area contributed by atoms with Crippen molar-refractivity contribution < 1.29 is 0 Å². The molecule has 0 spiro atoms. The maximum atomic E-state index is 5.92. The quantitative estimate of drug-likeness (QED) is 0.810. The molecule has 1 aromatic rings. The third kappa shape index (κ3) is 4.99. The van der Waals surface area contributed by atoms with Crippen molar-refractivity contribution in [1.82, 2.24) is 0 Å². The van der Waals surface area contributed by atoms with Crippen LogP contribution in [0.5, 0.6) is 0 Å². The molecular formula is C13H21BrN2. The molecule has 90 valence electrons. The molecule has 0 atom stereocenters. The van der Waals surface area contributed by atoms with E-state index < -0.39 is 0 Å². The molecule has 2 nitrogen and oxygen atoms in total. The lowest BCUT2D eigenvalue weighted by atomic mass is 10.0. The van der Waals surface area contributed by atoms with Crippen molar-refractivity contribution in [2.75, 3.05) is 11.9 Å². The second kappa shape index (κ2) is 5.69. The predicted molar refractivity (Wildman–Crippen MR) is 74.9 cm³/mol. The van der Waals surface area contributed by atoms with Gasteiger partial charge in [0.25, 0.3) is 0 Å². The molecule has 0 bridgehead atoms. The summed E-state index contributed by atoms with van der Waals surface area (Å²) in [5.74, 6) is 0. The molecule has 1 aromatic carbocycles. The van der Waals surface area contributed by atoms with Crippen LogP contribution in [0.3, 0.4) is 0 Å². The summed E-state index contributed by atoms with van der Waals surface area (Å²) in [4.78, 5) is 0. The van der Waals surface area contributed by atoms with Crippen molar-refractivity contribution in [3.63, 3.8) is 0 Å². The molecule has 0 saturated carbocycles. The summed E-state index contributed by atoms with van der Waals surface area (Å²) in [6.45, 7) is 7.19. The van der Waals surface area contributed by atoms with E-state index in [2.05, 4.69) is 60.2 Å². The first-order valence-electron chi connectivity index (χ1n) is 5.67. The molecule has 0 amide bonds. The normalized spacial score (nSPS) is 11.6. The monoisotopic (exact) mass is 284 g/mol. The molecule has 0 heterocycles. The Hall–Kier alpha value is -0.540. The molecule has 0 unspecified atom stereocenters. The first-order valence-corrected chi connectivity index (χ1v) is 6.47. The maximum absolute atomic E-state index is 5.92. The van der Waals surface area contributed by atoms with Crippen LogP contribution in [0.15, 0.2) is 22.7 Å². The van der Waals surface area contributed by atoms with Crippen LogP contribution in [0.25, 0.3) is 0 Å². The third-order valence-electron chi connectivity index (χ3n) is 2.50. The van der Waals surface area contributed by atoms with E-state index >= 15 is 0 Å². The largest absolute Gasteiger partial charge is 0.385 e. The van der Waals surface area contributed by atoms with Crippen LogP contribution in [0.4, 0.5) is 5.69 Å². The van der Waals surface area contributed by atoms with Gasteiger partial charge in [0, 0.05) is 22.2 Å². The number of hydrogen-bond donors (Lipinski definition) is 2. The number of aryl methyl sites for hydroxylation is 1. The molecule has 0 aliphatic heterocycles. The predicted octanol–water partition coefficient (Wildman–Crippen LogP) is 3.69. The van der Waals surface area contributed by atoms with E-state index in [0.29, 0.717) is 0 Å². The fraction of sp³-hybridized carbons (Fsp3) is 0.538. The van der Waals surface area contributed by atoms with E-state index in [-0.39, 0.29) is 5.54 Å². The smallest absolute Gasteiger partial charge is 0.0351 e. The molecule has 3 N–H and O–H groups in total. The van der Waals surface area contributed by atoms with Gasteiger partial charge in [0.1, 0.15) is 0 Å². The molecular weight excluding hydrogens is 264 g/mol. The van der Waals surface area contributed by atoms with E-state index in [9.17, 15) is 0 Å². The Balaban J connectivity index is 2.35. The molecule has 0 aromatic heterocycles. The molecule has 1 rings (SSSR count). The minimum atomic E-state index is -0.0600. The molecule has 0 aliphatic carbocycles. The topological polar surface area (TPSA) is 38.0 Å². The first kappa shape index (κ1) is 13.5. The number of anilines is 1. The summed E-state index contributed by atoms with van der Waals surface area (Å²) >= 11 is 3.53. The van der Waals surface area contributed by atoms with Gasteiger partial charge in [-0.05, 0) is 51.3 Å². The summed E-state index contributed by atoms with van der Waals surface area (Å²) in [6, 6.07) is 6.33. The number of rotatable bonds is 5. The fourth-order valence-corrected chi connectivity index (χ4v) is 1.86. The first-order chi connectivity index (χ1) is 7.38. The van der Waals surface area contributed by atoms with Crippen LogP contribution in [-0.4, -0.2) is 12.1 Å². The van der Waals surface area contributed by atoms with Crippen molar-refractivity contribution >= 4 is 21.6 Å². The summed E-state index contributed by atoms with van der Waals surface area (Å²) in [5.41, 5.74) is 8.28. The minimum absolute atomic E-state index is 0.0600. The van der Waals surface area contributed by atoms with Gasteiger partial charge in [-0.2, -0.15) is 0 Å². The highest BCUT2D eigenvalue weighted by Crippen LogP contribution is 2.20. The van der Waals surface area contributed by atoms with Gasteiger partial charge in [0.15, 0.2) is 0 Å². The van der Waals surface area contributed by atoms with Gasteiger partial charge in [0.2, 0.25) is 0 Å². The van der Waals surface area contributed by atoms with Gasteiger partial charge in [0.05, 0.1) is 0 Å². The Morgan fingerprint density at radius 1 is 1.38 bits per heavy atom. The summed E-state index contributed by atoms with van der Waals surface area (Å²) in [5, 5.41) is 3.40. The van der Waals surface area contributed by atoms with Crippen LogP contribution in [0.2, 0.25) is 0 Å². The Kier molecular flexibility index (Phi) is 4.81. The van der Waals surface area contributed by atoms with Crippen molar-refractivity contribution in [3.05, 3.63) is 28.2 Å². The highest BCUT2D eigenvalue weighted by Gasteiger charge is 2.09. The Morgan fingerprint density at radius 2 is 2.06 bits per heavy atom. The van der Waals surface area contributed by atoms with Crippen LogP contribution in [-0.2, 0) is 0 Å². The molecule has 16 heavy (non-hydrogen) atoms. The van der Waals surface area contributed by atoms with E-state index in [1.807, 2.05) is 0 Å². The van der Waals surface area contributed by atoms with E-state index in [1.165, 1.54) is 5.56 Å². The molecule has 0 aliphatic rings. The second-order valence-electron chi connectivity index (χ2n) is 4.98. The zero-order chi connectivity index (χ0) is 12.2. The Labute approximate surface area is 107 Å². The summed E-state index contributed by atoms with van der Waals surface area (Å²) in [7, 11) is 0. The lowest BCUT2D eigenvalue weighted by Gasteiger charge is -2.18. The Morgan fingerprint density at radius 3 is 2.62 bits per heavy atom. The maximum Gasteiger partial charge on any atom is 0.0351 e. The number of nitrogens with two attached hydrogens (primary N) is 1. The van der Waals surface area contributed by atoms with Crippen molar-refractivity contribution in [2.45, 2.75) is 39.2 Å². The van der Waals surface area contributed by atoms with E-state index in [1.54, 1.807) is 0 Å². The van der Waals surface area contributed by atoms with Gasteiger partial charge in [-0.3, -0.25) is 0 Å². The van der Waals surface area contributed by atoms with E-state index in [4.69, 9.17) is 5.73 Å². The standard InChI is InChI=1S/C13H21BrN2/c1-10-5-6-11(9-12(10)14)16-8-4-7-13(2,3)15/h5-6,9,16H,4,7-8,15H2,1-3H3. The van der Waals surface area contributed by atoms with Crippen LogP contribution >= 0.6 is 15.9 Å². The zero-order valence-electron chi connectivity index (χ0n) is 10.3. The van der Waals surface area contributed by atoms with Gasteiger partial charge >= 0.3 is 0 Å². The number of halogens is 1. The molecule has 3 heteroatoms. The van der Waals surface area contributed by atoms with Crippen LogP contribution in [0.1, 0.15) is 32.3 Å². The SMILES string of the molecule is Cc1ccc(NCCCC(C)(C)N)cc1Br. The minimum Gasteiger partial charge on any atom is -0.385 e. The average Bonchev–Trinajstić information content (AvgIpc) is 2.17. The number of benzene rings is 1. The highest BCUT2D eigenvalue weighted by atomic mass is 79.9. The van der Waals surface area contributed by atoms with Gasteiger partial charge < -0.3 is 11.1 Å². The Bertz CT molecular complexity index is 342. The van der Waals surface area contributed by atoms with Crippen molar-refractivity contribution in [3.8, 4) is 0 Å². The van der Waals surface area contributed by atoms with E-state index in [0.717, 1.165) is 29.5 Å². The van der Waals surface area contributed by atoms with Crippen LogP contribution < -0.4 is 11.1 Å². The van der Waals surface area contributed by atoms with Gasteiger partial charge in [-0.1, -0.05) is 22.0 Å². The summed E-state index contributed by atoms with van der Waals surface area (Å²) in [6.07, 6.45) is 2.13. The number of hydrogen-bond acceptors (Lipinski definition) is 2. The second-order valence-corrected chi connectivity index (χ2v) is 5.84. The summed E-state index contributed by atoms with van der Waals surface area (Å²) < 4.78 is 1.15. The van der Waals surface area contributed by atoms with Gasteiger partial charge in [-0.25, -0.2) is 0 Å². The molecule has 0 saturated heterocycles. The fourth-order valence-electron chi connectivity index (χ4n) is 1.48. The molecule has 0 fully saturated rings. The highest BCUT2D eigenvalue weighted by molar-refractivity contribution is 9.10. The third-order valence-corrected chi connectivity index (χ3v) is 3.35. The average molecular weight is 285 g/mol. The lowest BCUT2D eigenvalue weighted by Crippen LogP contribution is -2.32. The van der Waals surface area contributed by atoms with Crippen molar-refractivity contribution in [1.29, 1.82) is 0 Å². The van der Waals surface area contributed by atoms with Crippen LogP contribution in [0, 0.1) is 6.92 Å². The molecule has 0 radical (unpaired) electrons.